The number of hydrogen-bond acceptors (Lipinski definition) is 3. The molecule has 1 aromatic carbocycles. The molecule has 3 rings (SSSR count). The Balaban J connectivity index is 1.96. The Hall–Kier alpha value is -2.63. The molecule has 0 bridgehead atoms. The van der Waals surface area contributed by atoms with E-state index in [-0.39, 0.29) is 11.8 Å². The molecule has 1 aliphatic heterocycles. The van der Waals surface area contributed by atoms with Gasteiger partial charge in [-0.2, -0.15) is 0 Å². The van der Waals surface area contributed by atoms with Gasteiger partial charge in [0.15, 0.2) is 5.82 Å². The fourth-order valence-corrected chi connectivity index (χ4v) is 4.07. The van der Waals surface area contributed by atoms with Crippen molar-refractivity contribution in [3.8, 4) is 0 Å². The highest BCUT2D eigenvalue weighted by Crippen LogP contribution is 2.25. The topological polar surface area (TPSA) is 67.2 Å². The van der Waals surface area contributed by atoms with Gasteiger partial charge in [0.1, 0.15) is 5.69 Å². The van der Waals surface area contributed by atoms with Crippen molar-refractivity contribution < 1.29 is 9.59 Å². The molecule has 6 nitrogen and oxygen atoms in total. The summed E-state index contributed by atoms with van der Waals surface area (Å²) < 4.78 is 1.95. The zero-order valence-corrected chi connectivity index (χ0v) is 18.0. The van der Waals surface area contributed by atoms with E-state index in [9.17, 15) is 9.59 Å². The van der Waals surface area contributed by atoms with Crippen LogP contribution in [-0.4, -0.2) is 39.4 Å². The third-order valence-electron chi connectivity index (χ3n) is 5.52. The van der Waals surface area contributed by atoms with Crippen LogP contribution in [0.1, 0.15) is 77.5 Å². The standard InChI is InChI=1S/C23H32N4O2/c1-5-13-26(14-6-2)23(29)20-18-12-7-8-15-27(18)21(24-20)22(28)25-19-16(3)10-9-11-17(19)4/h9-11H,5-8,12-15H2,1-4H3,(H,25,28). The van der Waals surface area contributed by atoms with Crippen LogP contribution in [0.4, 0.5) is 5.69 Å². The molecule has 6 heteroatoms. The van der Waals surface area contributed by atoms with Crippen LogP contribution >= 0.6 is 0 Å². The summed E-state index contributed by atoms with van der Waals surface area (Å²) in [6, 6.07) is 5.93. The van der Waals surface area contributed by atoms with E-state index in [2.05, 4.69) is 24.1 Å². The molecule has 0 saturated carbocycles. The number of imidazole rings is 1. The van der Waals surface area contributed by atoms with Crippen LogP contribution < -0.4 is 5.32 Å². The number of aromatic nitrogens is 2. The average molecular weight is 397 g/mol. The van der Waals surface area contributed by atoms with Crippen LogP contribution in [0, 0.1) is 13.8 Å². The fraction of sp³-hybridized carbons (Fsp3) is 0.522. The third-order valence-corrected chi connectivity index (χ3v) is 5.52. The number of anilines is 1. The molecule has 0 atom stereocenters. The highest BCUT2D eigenvalue weighted by Gasteiger charge is 2.29. The molecule has 0 aliphatic carbocycles. The van der Waals surface area contributed by atoms with E-state index in [1.54, 1.807) is 0 Å². The fourth-order valence-electron chi connectivity index (χ4n) is 4.07. The number of nitrogens with zero attached hydrogens (tertiary/aromatic N) is 3. The van der Waals surface area contributed by atoms with E-state index >= 15 is 0 Å². The number of aryl methyl sites for hydroxylation is 2. The lowest BCUT2D eigenvalue weighted by molar-refractivity contribution is 0.0748. The van der Waals surface area contributed by atoms with E-state index in [0.29, 0.717) is 24.6 Å². The number of fused-ring (bicyclic) bond motifs is 1. The van der Waals surface area contributed by atoms with Crippen LogP contribution in [0.3, 0.4) is 0 Å². The lowest BCUT2D eigenvalue weighted by Gasteiger charge is -2.22. The van der Waals surface area contributed by atoms with Gasteiger partial charge >= 0.3 is 0 Å². The molecule has 29 heavy (non-hydrogen) atoms. The summed E-state index contributed by atoms with van der Waals surface area (Å²) in [6.45, 7) is 10.3. The van der Waals surface area contributed by atoms with Gasteiger partial charge in [-0.3, -0.25) is 9.59 Å². The molecule has 0 unspecified atom stereocenters. The summed E-state index contributed by atoms with van der Waals surface area (Å²) in [6.07, 6.45) is 4.61. The minimum absolute atomic E-state index is 0.0505. The first-order valence-electron chi connectivity index (χ1n) is 10.7. The molecule has 0 saturated heterocycles. The van der Waals surface area contributed by atoms with Crippen molar-refractivity contribution in [2.24, 2.45) is 0 Å². The predicted molar refractivity (Wildman–Crippen MR) is 116 cm³/mol. The molecule has 1 aliphatic rings. The highest BCUT2D eigenvalue weighted by atomic mass is 16.2. The Morgan fingerprint density at radius 3 is 2.38 bits per heavy atom. The van der Waals surface area contributed by atoms with Gasteiger partial charge in [-0.15, -0.1) is 0 Å². The van der Waals surface area contributed by atoms with E-state index in [4.69, 9.17) is 0 Å². The van der Waals surface area contributed by atoms with Crippen molar-refractivity contribution >= 4 is 17.5 Å². The minimum Gasteiger partial charge on any atom is -0.337 e. The summed E-state index contributed by atoms with van der Waals surface area (Å²) in [5.74, 6) is 0.0475. The molecule has 2 heterocycles. The number of hydrogen-bond donors (Lipinski definition) is 1. The second kappa shape index (κ2) is 9.25. The monoisotopic (exact) mass is 396 g/mol. The molecule has 1 aromatic heterocycles. The van der Waals surface area contributed by atoms with E-state index < -0.39 is 0 Å². The van der Waals surface area contributed by atoms with Crippen LogP contribution in [0.15, 0.2) is 18.2 Å². The lowest BCUT2D eigenvalue weighted by Crippen LogP contribution is -2.33. The summed E-state index contributed by atoms with van der Waals surface area (Å²) in [5.41, 5.74) is 4.20. The normalized spacial score (nSPS) is 13.1. The summed E-state index contributed by atoms with van der Waals surface area (Å²) >= 11 is 0. The second-order valence-corrected chi connectivity index (χ2v) is 7.85. The van der Waals surface area contributed by atoms with Gasteiger partial charge < -0.3 is 14.8 Å². The van der Waals surface area contributed by atoms with Gasteiger partial charge in [-0.25, -0.2) is 4.98 Å². The van der Waals surface area contributed by atoms with Crippen LogP contribution in [0.25, 0.3) is 0 Å². The smallest absolute Gasteiger partial charge is 0.291 e. The predicted octanol–water partition coefficient (Wildman–Crippen LogP) is 4.35. The number of amides is 2. The van der Waals surface area contributed by atoms with E-state index in [0.717, 1.165) is 61.2 Å². The zero-order chi connectivity index (χ0) is 21.0. The van der Waals surface area contributed by atoms with Gasteiger partial charge in [0.2, 0.25) is 0 Å². The Bertz CT molecular complexity index is 874. The van der Waals surface area contributed by atoms with Crippen LogP contribution in [0.2, 0.25) is 0 Å². The lowest BCUT2D eigenvalue weighted by atomic mass is 10.1. The maximum Gasteiger partial charge on any atom is 0.291 e. The van der Waals surface area contributed by atoms with Crippen molar-refractivity contribution in [3.05, 3.63) is 46.5 Å². The molecule has 2 aromatic rings. The quantitative estimate of drug-likeness (QED) is 0.756. The van der Waals surface area contributed by atoms with Crippen LogP contribution in [0.5, 0.6) is 0 Å². The SMILES string of the molecule is CCCN(CCC)C(=O)c1nc(C(=O)Nc2c(C)cccc2C)n2c1CCCC2. The van der Waals surface area contributed by atoms with Crippen molar-refractivity contribution in [3.63, 3.8) is 0 Å². The Morgan fingerprint density at radius 1 is 1.10 bits per heavy atom. The van der Waals surface area contributed by atoms with Crippen molar-refractivity contribution in [2.75, 3.05) is 18.4 Å². The number of carbonyl (C=O) groups excluding carboxylic acids is 2. The molecular weight excluding hydrogens is 364 g/mol. The first-order valence-corrected chi connectivity index (χ1v) is 10.7. The molecule has 0 fully saturated rings. The molecule has 0 spiro atoms. The Kier molecular flexibility index (Phi) is 6.72. The van der Waals surface area contributed by atoms with Gasteiger partial charge in [0.05, 0.1) is 5.69 Å². The molecule has 0 radical (unpaired) electrons. The maximum atomic E-state index is 13.2. The number of carbonyl (C=O) groups is 2. The summed E-state index contributed by atoms with van der Waals surface area (Å²) in [5, 5.41) is 3.03. The van der Waals surface area contributed by atoms with Crippen molar-refractivity contribution in [1.82, 2.24) is 14.5 Å². The number of para-hydroxylation sites is 1. The van der Waals surface area contributed by atoms with Gasteiger partial charge in [-0.1, -0.05) is 32.0 Å². The van der Waals surface area contributed by atoms with E-state index in [1.165, 1.54) is 0 Å². The molecular formula is C23H32N4O2. The van der Waals surface area contributed by atoms with Gasteiger partial charge in [-0.05, 0) is 57.1 Å². The highest BCUT2D eigenvalue weighted by molar-refractivity contribution is 6.04. The van der Waals surface area contributed by atoms with Crippen molar-refractivity contribution in [2.45, 2.75) is 66.3 Å². The third kappa shape index (κ3) is 4.36. The Morgan fingerprint density at radius 2 is 1.76 bits per heavy atom. The van der Waals surface area contributed by atoms with Crippen molar-refractivity contribution in [1.29, 1.82) is 0 Å². The minimum atomic E-state index is -0.248. The van der Waals surface area contributed by atoms with Gasteiger partial charge in [0.25, 0.3) is 11.8 Å². The molecule has 156 valence electrons. The van der Waals surface area contributed by atoms with Crippen LogP contribution in [-0.2, 0) is 13.0 Å². The second-order valence-electron chi connectivity index (χ2n) is 7.85. The Labute approximate surface area is 173 Å². The zero-order valence-electron chi connectivity index (χ0n) is 18.0. The first-order chi connectivity index (χ1) is 14.0. The molecule has 2 amide bonds. The number of rotatable bonds is 7. The van der Waals surface area contributed by atoms with Gasteiger partial charge in [0, 0.05) is 25.3 Å². The average Bonchev–Trinajstić information content (AvgIpc) is 3.10. The molecule has 1 N–H and O–H groups in total. The summed E-state index contributed by atoms with van der Waals surface area (Å²) in [4.78, 5) is 32.8. The largest absolute Gasteiger partial charge is 0.337 e. The summed E-state index contributed by atoms with van der Waals surface area (Å²) in [7, 11) is 0. The number of benzene rings is 1. The maximum absolute atomic E-state index is 13.2. The number of nitrogens with one attached hydrogen (secondary N) is 1. The first kappa shape index (κ1) is 21.1. The van der Waals surface area contributed by atoms with E-state index in [1.807, 2.05) is 41.5 Å².